The van der Waals surface area contributed by atoms with Crippen molar-refractivity contribution in [3.63, 3.8) is 0 Å². The number of para-hydroxylation sites is 1. The normalized spacial score (nSPS) is 11.3. The Hall–Kier alpha value is -1.47. The van der Waals surface area contributed by atoms with Crippen molar-refractivity contribution in [2.45, 2.75) is 25.8 Å². The third kappa shape index (κ3) is 5.06. The van der Waals surface area contributed by atoms with Gasteiger partial charge in [-0.3, -0.25) is 0 Å². The van der Waals surface area contributed by atoms with Gasteiger partial charge in [-0.15, -0.1) is 0 Å². The maximum Gasteiger partial charge on any atom is 0.500 e. The number of ether oxygens (including phenoxy) is 1. The molecule has 0 saturated heterocycles. The van der Waals surface area contributed by atoms with Crippen molar-refractivity contribution in [2.75, 3.05) is 21.3 Å². The quantitative estimate of drug-likeness (QED) is 0.302. The van der Waals surface area contributed by atoms with Gasteiger partial charge in [-0.1, -0.05) is 24.8 Å². The van der Waals surface area contributed by atoms with Gasteiger partial charge in [-0.2, -0.15) is 0 Å². The van der Waals surface area contributed by atoms with Gasteiger partial charge in [0.05, 0.1) is 0 Å². The summed E-state index contributed by atoms with van der Waals surface area (Å²) in [5, 5.41) is 0. The average Bonchev–Trinajstić information content (AvgIpc) is 2.53. The van der Waals surface area contributed by atoms with Gasteiger partial charge in [0.1, 0.15) is 5.75 Å². The fourth-order valence-corrected chi connectivity index (χ4v) is 3.77. The predicted octanol–water partition coefficient (Wildman–Crippen LogP) is 2.98. The molecule has 1 aromatic rings. The van der Waals surface area contributed by atoms with E-state index < -0.39 is 14.8 Å². The standard InChI is InChI=1S/C16H24O5Si/c1-13(2)16(17)21-15-11-7-6-9-14(15)10-8-12-22(18-3,19-4)20-5/h6-7,9,11H,1,8,10,12H2,2-5H3. The topological polar surface area (TPSA) is 54.0 Å². The molecule has 6 heteroatoms. The Bertz CT molecular complexity index is 503. The number of carbonyl (C=O) groups excluding carboxylic acids is 1. The molecule has 0 atom stereocenters. The summed E-state index contributed by atoms with van der Waals surface area (Å²) in [5.41, 5.74) is 1.34. The Morgan fingerprint density at radius 1 is 1.14 bits per heavy atom. The molecule has 0 radical (unpaired) electrons. The van der Waals surface area contributed by atoms with Crippen LogP contribution in [0.4, 0.5) is 0 Å². The zero-order valence-electron chi connectivity index (χ0n) is 13.7. The molecule has 0 spiro atoms. The lowest BCUT2D eigenvalue weighted by Gasteiger charge is -2.24. The van der Waals surface area contributed by atoms with Crippen molar-refractivity contribution in [3.8, 4) is 5.75 Å². The minimum Gasteiger partial charge on any atom is -0.423 e. The molecule has 1 aromatic carbocycles. The van der Waals surface area contributed by atoms with Gasteiger partial charge in [-0.05, 0) is 31.4 Å². The van der Waals surface area contributed by atoms with E-state index in [1.54, 1.807) is 34.3 Å². The molecule has 0 aromatic heterocycles. The Morgan fingerprint density at radius 3 is 2.27 bits per heavy atom. The van der Waals surface area contributed by atoms with Crippen LogP contribution >= 0.6 is 0 Å². The molecule has 0 saturated carbocycles. The molecule has 0 amide bonds. The van der Waals surface area contributed by atoms with E-state index in [1.165, 1.54) is 0 Å². The van der Waals surface area contributed by atoms with Gasteiger partial charge in [0, 0.05) is 32.9 Å². The van der Waals surface area contributed by atoms with E-state index in [0.29, 0.717) is 17.4 Å². The molecule has 0 unspecified atom stereocenters. The van der Waals surface area contributed by atoms with Crippen molar-refractivity contribution >= 4 is 14.8 Å². The van der Waals surface area contributed by atoms with Crippen LogP contribution in [-0.2, 0) is 24.5 Å². The molecule has 0 aliphatic rings. The van der Waals surface area contributed by atoms with Crippen molar-refractivity contribution in [2.24, 2.45) is 0 Å². The summed E-state index contributed by atoms with van der Waals surface area (Å²) in [7, 11) is 2.24. The van der Waals surface area contributed by atoms with Crippen LogP contribution < -0.4 is 4.74 Å². The van der Waals surface area contributed by atoms with Crippen LogP contribution in [0.15, 0.2) is 36.4 Å². The second kappa shape index (κ2) is 8.85. The summed E-state index contributed by atoms with van der Waals surface area (Å²) >= 11 is 0. The van der Waals surface area contributed by atoms with Crippen LogP contribution in [0.25, 0.3) is 0 Å². The van der Waals surface area contributed by atoms with E-state index in [-0.39, 0.29) is 0 Å². The summed E-state index contributed by atoms with van der Waals surface area (Å²) in [6.45, 7) is 5.22. The van der Waals surface area contributed by atoms with Gasteiger partial charge in [0.25, 0.3) is 0 Å². The Kier molecular flexibility index (Phi) is 7.47. The minimum atomic E-state index is -2.56. The first kappa shape index (κ1) is 18.6. The molecular weight excluding hydrogens is 300 g/mol. The Labute approximate surface area is 133 Å². The number of esters is 1. The maximum atomic E-state index is 11.7. The smallest absolute Gasteiger partial charge is 0.423 e. The van der Waals surface area contributed by atoms with E-state index in [0.717, 1.165) is 18.4 Å². The zero-order valence-corrected chi connectivity index (χ0v) is 14.7. The number of carbonyl (C=O) groups is 1. The molecular formula is C16H24O5Si. The second-order valence-electron chi connectivity index (χ2n) is 4.93. The molecule has 0 aliphatic heterocycles. The van der Waals surface area contributed by atoms with Crippen LogP contribution in [0, 0.1) is 0 Å². The average molecular weight is 324 g/mol. The Morgan fingerprint density at radius 2 is 1.73 bits per heavy atom. The summed E-state index contributed by atoms with van der Waals surface area (Å²) < 4.78 is 21.5. The van der Waals surface area contributed by atoms with Crippen LogP contribution in [0.2, 0.25) is 6.04 Å². The molecule has 0 bridgehead atoms. The number of hydrogen-bond donors (Lipinski definition) is 0. The van der Waals surface area contributed by atoms with E-state index in [9.17, 15) is 4.79 Å². The van der Waals surface area contributed by atoms with Crippen molar-refractivity contribution in [1.29, 1.82) is 0 Å². The minimum absolute atomic E-state index is 0.374. The molecule has 5 nitrogen and oxygen atoms in total. The summed E-state index contributed by atoms with van der Waals surface area (Å²) in [5.74, 6) is 0.150. The second-order valence-corrected chi connectivity index (χ2v) is 8.02. The van der Waals surface area contributed by atoms with Crippen LogP contribution in [-0.4, -0.2) is 36.1 Å². The van der Waals surface area contributed by atoms with Gasteiger partial charge in [-0.25, -0.2) is 4.79 Å². The SMILES string of the molecule is C=C(C)C(=O)Oc1ccccc1CCC[Si](OC)(OC)OC. The van der Waals surface area contributed by atoms with Crippen molar-refractivity contribution in [3.05, 3.63) is 42.0 Å². The van der Waals surface area contributed by atoms with Crippen molar-refractivity contribution in [1.82, 2.24) is 0 Å². The highest BCUT2D eigenvalue weighted by molar-refractivity contribution is 6.60. The monoisotopic (exact) mass is 324 g/mol. The largest absolute Gasteiger partial charge is 0.500 e. The number of hydrogen-bond acceptors (Lipinski definition) is 5. The Balaban J connectivity index is 2.70. The summed E-state index contributed by atoms with van der Waals surface area (Å²) in [4.78, 5) is 11.7. The van der Waals surface area contributed by atoms with E-state index in [2.05, 4.69) is 6.58 Å². The molecule has 22 heavy (non-hydrogen) atoms. The fourth-order valence-electron chi connectivity index (χ4n) is 2.05. The summed E-state index contributed by atoms with van der Waals surface area (Å²) in [6.07, 6.45) is 1.55. The highest BCUT2D eigenvalue weighted by Gasteiger charge is 2.36. The highest BCUT2D eigenvalue weighted by Crippen LogP contribution is 2.23. The lowest BCUT2D eigenvalue weighted by Crippen LogP contribution is -2.42. The third-order valence-corrected chi connectivity index (χ3v) is 6.22. The highest BCUT2D eigenvalue weighted by atomic mass is 28.4. The number of benzene rings is 1. The molecule has 0 heterocycles. The molecule has 0 aliphatic carbocycles. The van der Waals surface area contributed by atoms with E-state index in [1.807, 2.05) is 18.2 Å². The fraction of sp³-hybridized carbons (Fsp3) is 0.438. The lowest BCUT2D eigenvalue weighted by molar-refractivity contribution is -0.130. The molecule has 1 rings (SSSR count). The molecule has 0 fully saturated rings. The van der Waals surface area contributed by atoms with E-state index in [4.69, 9.17) is 18.0 Å². The zero-order chi connectivity index (χ0) is 16.6. The van der Waals surface area contributed by atoms with Gasteiger partial charge < -0.3 is 18.0 Å². The molecule has 122 valence electrons. The first-order chi connectivity index (χ1) is 10.5. The van der Waals surface area contributed by atoms with Crippen molar-refractivity contribution < 1.29 is 22.8 Å². The summed E-state index contributed by atoms with van der Waals surface area (Å²) in [6, 6.07) is 8.17. The maximum absolute atomic E-state index is 11.7. The first-order valence-electron chi connectivity index (χ1n) is 7.09. The van der Waals surface area contributed by atoms with Gasteiger partial charge in [0.15, 0.2) is 0 Å². The lowest BCUT2D eigenvalue weighted by atomic mass is 10.1. The third-order valence-electron chi connectivity index (χ3n) is 3.39. The van der Waals surface area contributed by atoms with Gasteiger partial charge in [0.2, 0.25) is 0 Å². The van der Waals surface area contributed by atoms with Crippen LogP contribution in [0.3, 0.4) is 0 Å². The van der Waals surface area contributed by atoms with Crippen LogP contribution in [0.5, 0.6) is 5.75 Å². The van der Waals surface area contributed by atoms with Gasteiger partial charge >= 0.3 is 14.8 Å². The molecule has 0 N–H and O–H groups in total. The number of rotatable bonds is 9. The van der Waals surface area contributed by atoms with E-state index >= 15 is 0 Å². The predicted molar refractivity (Wildman–Crippen MR) is 86.8 cm³/mol. The number of aryl methyl sites for hydroxylation is 1. The first-order valence-corrected chi connectivity index (χ1v) is 9.02. The van der Waals surface area contributed by atoms with Crippen LogP contribution in [0.1, 0.15) is 18.9 Å².